The third-order valence-corrected chi connectivity index (χ3v) is 3.52. The molecule has 0 fully saturated rings. The largest absolute Gasteiger partial charge is 0.480 e. The van der Waals surface area contributed by atoms with Gasteiger partial charge in [0.25, 0.3) is 11.4 Å². The first kappa shape index (κ1) is 17.5. The van der Waals surface area contributed by atoms with E-state index < -0.39 is 44.0 Å². The number of nitro groups is 2. The first-order valence-electron chi connectivity index (χ1n) is 5.94. The van der Waals surface area contributed by atoms with Gasteiger partial charge < -0.3 is 10.4 Å². The van der Waals surface area contributed by atoms with Crippen LogP contribution in [0.4, 0.5) is 17.1 Å². The minimum atomic E-state index is -1.27. The molecule has 1 aromatic carbocycles. The number of hydrogen-bond acceptors (Lipinski definition) is 7. The molecule has 0 aromatic heterocycles. The number of nitrogens with zero attached hydrogens (tertiary/aromatic N) is 2. The van der Waals surface area contributed by atoms with Gasteiger partial charge in [-0.1, -0.05) is 0 Å². The van der Waals surface area contributed by atoms with Crippen LogP contribution in [0.2, 0.25) is 0 Å². The molecule has 10 nitrogen and oxygen atoms in total. The SMILES string of the molecule is C[S@@](=O)CC[C@H](Nc1ccc([N+](=O)[O-])cc1[N+](=O)[O-])C(=O)O. The lowest BCUT2D eigenvalue weighted by Gasteiger charge is -2.15. The van der Waals surface area contributed by atoms with Gasteiger partial charge >= 0.3 is 5.97 Å². The maximum atomic E-state index is 11.1. The number of nitrogens with one attached hydrogen (secondary N) is 1. The van der Waals surface area contributed by atoms with Crippen LogP contribution in [0.25, 0.3) is 0 Å². The van der Waals surface area contributed by atoms with E-state index in [0.717, 1.165) is 18.2 Å². The minimum absolute atomic E-state index is 0.00735. The molecule has 0 saturated heterocycles. The molecule has 2 N–H and O–H groups in total. The van der Waals surface area contributed by atoms with Crippen LogP contribution in [0.3, 0.4) is 0 Å². The Balaban J connectivity index is 3.08. The van der Waals surface area contributed by atoms with Gasteiger partial charge in [-0.2, -0.15) is 0 Å². The first-order chi connectivity index (χ1) is 10.2. The van der Waals surface area contributed by atoms with Crippen LogP contribution in [0.5, 0.6) is 0 Å². The van der Waals surface area contributed by atoms with Gasteiger partial charge in [-0.25, -0.2) is 4.79 Å². The molecular weight excluding hydrogens is 318 g/mol. The minimum Gasteiger partial charge on any atom is -0.480 e. The summed E-state index contributed by atoms with van der Waals surface area (Å²) in [6.45, 7) is 0. The van der Waals surface area contributed by atoms with Crippen molar-refractivity contribution in [2.24, 2.45) is 0 Å². The van der Waals surface area contributed by atoms with E-state index in [1.54, 1.807) is 0 Å². The standard InChI is InChI=1S/C11H13N3O7S/c1-22(21)5-4-9(11(15)16)12-8-3-2-7(13(17)18)6-10(8)14(19)20/h2-3,6,9,12H,4-5H2,1H3,(H,15,16)/t9-,22+/m0/s1. The molecule has 0 aliphatic rings. The predicted molar refractivity (Wildman–Crippen MR) is 78.3 cm³/mol. The lowest BCUT2D eigenvalue weighted by atomic mass is 10.2. The Morgan fingerprint density at radius 1 is 1.36 bits per heavy atom. The van der Waals surface area contributed by atoms with E-state index in [1.165, 1.54) is 6.26 Å². The molecular formula is C11H13N3O7S. The van der Waals surface area contributed by atoms with Gasteiger partial charge in [0.15, 0.2) is 0 Å². The van der Waals surface area contributed by atoms with E-state index >= 15 is 0 Å². The van der Waals surface area contributed by atoms with Gasteiger partial charge in [-0.05, 0) is 12.5 Å². The Labute approximate surface area is 126 Å². The molecule has 0 amide bonds. The van der Waals surface area contributed by atoms with Crippen molar-refractivity contribution in [2.45, 2.75) is 12.5 Å². The zero-order valence-corrected chi connectivity index (χ0v) is 12.2. The summed E-state index contributed by atoms with van der Waals surface area (Å²) in [6.07, 6.45) is 1.40. The van der Waals surface area contributed by atoms with Crippen LogP contribution in [0.15, 0.2) is 18.2 Å². The zero-order valence-electron chi connectivity index (χ0n) is 11.4. The highest BCUT2D eigenvalue weighted by molar-refractivity contribution is 7.84. The molecule has 1 aromatic rings. The van der Waals surface area contributed by atoms with Gasteiger partial charge in [-0.3, -0.25) is 24.4 Å². The number of carboxylic acid groups (broad SMARTS) is 1. The molecule has 22 heavy (non-hydrogen) atoms. The van der Waals surface area contributed by atoms with Crippen molar-refractivity contribution in [3.63, 3.8) is 0 Å². The van der Waals surface area contributed by atoms with Crippen LogP contribution in [-0.4, -0.2) is 43.2 Å². The Bertz CT molecular complexity index is 634. The molecule has 0 heterocycles. The number of anilines is 1. The monoisotopic (exact) mass is 331 g/mol. The van der Waals surface area contributed by atoms with E-state index in [1.807, 2.05) is 0 Å². The second-order valence-corrected chi connectivity index (χ2v) is 5.87. The highest BCUT2D eigenvalue weighted by Gasteiger charge is 2.24. The van der Waals surface area contributed by atoms with Gasteiger partial charge in [0, 0.05) is 28.9 Å². The summed E-state index contributed by atoms with van der Waals surface area (Å²) in [5.74, 6) is -1.16. The molecule has 1 rings (SSSR count). The van der Waals surface area contributed by atoms with Crippen molar-refractivity contribution in [2.75, 3.05) is 17.3 Å². The predicted octanol–water partition coefficient (Wildman–Crippen LogP) is 1.14. The molecule has 0 unspecified atom stereocenters. The number of carbonyl (C=O) groups is 1. The number of rotatable bonds is 8. The molecule has 0 bridgehead atoms. The average molecular weight is 331 g/mol. The number of carboxylic acids is 1. The number of non-ortho nitro benzene ring substituents is 1. The highest BCUT2D eigenvalue weighted by Crippen LogP contribution is 2.29. The van der Waals surface area contributed by atoms with Crippen LogP contribution in [-0.2, 0) is 15.6 Å². The zero-order chi connectivity index (χ0) is 16.9. The summed E-state index contributed by atoms with van der Waals surface area (Å²) in [5.41, 5.74) is -1.22. The van der Waals surface area contributed by atoms with Crippen molar-refractivity contribution >= 4 is 33.8 Å². The Morgan fingerprint density at radius 3 is 2.45 bits per heavy atom. The first-order valence-corrected chi connectivity index (χ1v) is 7.67. The van der Waals surface area contributed by atoms with E-state index in [0.29, 0.717) is 0 Å². The maximum absolute atomic E-state index is 11.1. The van der Waals surface area contributed by atoms with E-state index in [4.69, 9.17) is 5.11 Å². The summed E-state index contributed by atoms with van der Waals surface area (Å²) >= 11 is 0. The molecule has 2 atom stereocenters. The summed E-state index contributed by atoms with van der Waals surface area (Å²) in [4.78, 5) is 31.1. The van der Waals surface area contributed by atoms with E-state index in [9.17, 15) is 29.2 Å². The summed E-state index contributed by atoms with van der Waals surface area (Å²) in [7, 11) is -1.21. The summed E-state index contributed by atoms with van der Waals surface area (Å²) in [6, 6.07) is 1.67. The quantitative estimate of drug-likeness (QED) is 0.531. The van der Waals surface area contributed by atoms with Crippen molar-refractivity contribution in [1.82, 2.24) is 0 Å². The van der Waals surface area contributed by atoms with Crippen LogP contribution >= 0.6 is 0 Å². The van der Waals surface area contributed by atoms with E-state index in [2.05, 4.69) is 5.32 Å². The van der Waals surface area contributed by atoms with Gasteiger partial charge in [0.2, 0.25) is 0 Å². The number of benzene rings is 1. The fourth-order valence-electron chi connectivity index (χ4n) is 1.64. The van der Waals surface area contributed by atoms with Crippen LogP contribution in [0.1, 0.15) is 6.42 Å². The Kier molecular flexibility index (Phi) is 5.92. The van der Waals surface area contributed by atoms with Crippen molar-refractivity contribution in [3.8, 4) is 0 Å². The van der Waals surface area contributed by atoms with Gasteiger partial charge in [0.1, 0.15) is 11.7 Å². The Hall–Kier alpha value is -2.56. The molecule has 0 saturated carbocycles. The topological polar surface area (TPSA) is 153 Å². The number of nitro benzene ring substituents is 2. The van der Waals surface area contributed by atoms with E-state index in [-0.39, 0.29) is 17.9 Å². The maximum Gasteiger partial charge on any atom is 0.326 e. The normalized spacial score (nSPS) is 13.1. The molecule has 0 spiro atoms. The molecule has 0 radical (unpaired) electrons. The third kappa shape index (κ3) is 4.77. The number of hydrogen-bond donors (Lipinski definition) is 2. The molecule has 120 valence electrons. The lowest BCUT2D eigenvalue weighted by molar-refractivity contribution is -0.393. The van der Waals surface area contributed by atoms with Crippen molar-refractivity contribution in [1.29, 1.82) is 0 Å². The summed E-state index contributed by atoms with van der Waals surface area (Å²) < 4.78 is 11.0. The van der Waals surface area contributed by atoms with Gasteiger partial charge in [-0.15, -0.1) is 0 Å². The van der Waals surface area contributed by atoms with Crippen LogP contribution in [0, 0.1) is 20.2 Å². The van der Waals surface area contributed by atoms with Crippen LogP contribution < -0.4 is 5.32 Å². The summed E-state index contributed by atoms with van der Waals surface area (Å²) in [5, 5.41) is 33.1. The molecule has 0 aliphatic carbocycles. The molecule has 11 heteroatoms. The van der Waals surface area contributed by atoms with Gasteiger partial charge in [0.05, 0.1) is 15.9 Å². The fraction of sp³-hybridized carbons (Fsp3) is 0.364. The number of aliphatic carboxylic acids is 1. The smallest absolute Gasteiger partial charge is 0.326 e. The van der Waals surface area contributed by atoms with Crippen molar-refractivity contribution < 1.29 is 24.0 Å². The second kappa shape index (κ2) is 7.45. The highest BCUT2D eigenvalue weighted by atomic mass is 32.2. The second-order valence-electron chi connectivity index (χ2n) is 4.32. The third-order valence-electron chi connectivity index (χ3n) is 2.71. The Morgan fingerprint density at radius 2 is 2.00 bits per heavy atom. The lowest BCUT2D eigenvalue weighted by Crippen LogP contribution is -2.31. The van der Waals surface area contributed by atoms with Crippen molar-refractivity contribution in [3.05, 3.63) is 38.4 Å². The average Bonchev–Trinajstić information content (AvgIpc) is 2.42. The fourth-order valence-corrected chi connectivity index (χ4v) is 2.20. The molecule has 0 aliphatic heterocycles.